The number of nitrogens with zero attached hydrogens (tertiary/aromatic N) is 1. The molecule has 1 aromatic carbocycles. The van der Waals surface area contributed by atoms with E-state index >= 15 is 0 Å². The van der Waals surface area contributed by atoms with Gasteiger partial charge in [-0.05, 0) is 18.2 Å². The normalized spacial score (nSPS) is 10.0. The summed E-state index contributed by atoms with van der Waals surface area (Å²) in [4.78, 5) is 22.7. The molecule has 0 aliphatic rings. The van der Waals surface area contributed by atoms with E-state index < -0.39 is 5.97 Å². The summed E-state index contributed by atoms with van der Waals surface area (Å²) in [6, 6.07) is 4.91. The average Bonchev–Trinajstić information content (AvgIpc) is 2.28. The molecule has 0 atom stereocenters. The molecule has 0 saturated carbocycles. The summed E-state index contributed by atoms with van der Waals surface area (Å²) in [5, 5.41) is 9.40. The van der Waals surface area contributed by atoms with Crippen molar-refractivity contribution in [2.24, 2.45) is 0 Å². The number of benzene rings is 1. The molecular formula is C11H11Cl2NO3. The van der Waals surface area contributed by atoms with Gasteiger partial charge in [0.1, 0.15) is 6.29 Å². The van der Waals surface area contributed by atoms with E-state index in [-0.39, 0.29) is 19.5 Å². The Kier molecular flexibility index (Phi) is 5.25. The zero-order chi connectivity index (χ0) is 12.8. The Bertz CT molecular complexity index is 423. The van der Waals surface area contributed by atoms with E-state index in [4.69, 9.17) is 28.3 Å². The smallest absolute Gasteiger partial charge is 0.305 e. The Morgan fingerprint density at radius 3 is 2.59 bits per heavy atom. The lowest BCUT2D eigenvalue weighted by molar-refractivity contribution is -0.136. The average molecular weight is 276 g/mol. The minimum absolute atomic E-state index is 0.0475. The van der Waals surface area contributed by atoms with Crippen molar-refractivity contribution < 1.29 is 14.7 Å². The van der Waals surface area contributed by atoms with Crippen LogP contribution in [0.4, 0.5) is 5.69 Å². The van der Waals surface area contributed by atoms with Crippen molar-refractivity contribution in [2.75, 3.05) is 18.0 Å². The second-order valence-electron chi connectivity index (χ2n) is 3.35. The lowest BCUT2D eigenvalue weighted by Crippen LogP contribution is -2.27. The molecule has 6 heteroatoms. The van der Waals surface area contributed by atoms with E-state index in [2.05, 4.69) is 0 Å². The van der Waals surface area contributed by atoms with Crippen LogP contribution in [0.3, 0.4) is 0 Å². The summed E-state index contributed by atoms with van der Waals surface area (Å²) in [7, 11) is 0. The lowest BCUT2D eigenvalue weighted by atomic mass is 10.2. The highest BCUT2D eigenvalue weighted by molar-refractivity contribution is 6.42. The van der Waals surface area contributed by atoms with Crippen molar-refractivity contribution in [3.8, 4) is 0 Å². The molecule has 92 valence electrons. The molecule has 17 heavy (non-hydrogen) atoms. The second kappa shape index (κ2) is 6.47. The highest BCUT2D eigenvalue weighted by Crippen LogP contribution is 2.27. The van der Waals surface area contributed by atoms with E-state index in [1.807, 2.05) is 0 Å². The Labute approximate surface area is 109 Å². The standard InChI is InChI=1S/C11H11Cl2NO3/c12-9-2-1-8(7-10(9)13)14(5-6-15)4-3-11(16)17/h1-2,6-7H,3-5H2,(H,16,17). The van der Waals surface area contributed by atoms with Gasteiger partial charge in [-0.2, -0.15) is 0 Å². The largest absolute Gasteiger partial charge is 0.481 e. The molecule has 0 amide bonds. The summed E-state index contributed by atoms with van der Waals surface area (Å²) in [6.07, 6.45) is 0.665. The van der Waals surface area contributed by atoms with Crippen molar-refractivity contribution >= 4 is 41.1 Å². The summed E-state index contributed by atoms with van der Waals surface area (Å²) >= 11 is 11.6. The second-order valence-corrected chi connectivity index (χ2v) is 4.17. The van der Waals surface area contributed by atoms with Crippen LogP contribution in [0.5, 0.6) is 0 Å². The number of hydrogen-bond donors (Lipinski definition) is 1. The molecule has 4 nitrogen and oxygen atoms in total. The zero-order valence-electron chi connectivity index (χ0n) is 8.90. The first-order chi connectivity index (χ1) is 8.04. The van der Waals surface area contributed by atoms with Crippen LogP contribution in [-0.2, 0) is 9.59 Å². The summed E-state index contributed by atoms with van der Waals surface area (Å²) in [5.74, 6) is -0.916. The number of anilines is 1. The van der Waals surface area contributed by atoms with Crippen LogP contribution in [0.15, 0.2) is 18.2 Å². The summed E-state index contributed by atoms with van der Waals surface area (Å²) in [6.45, 7) is 0.358. The van der Waals surface area contributed by atoms with Crippen molar-refractivity contribution in [3.63, 3.8) is 0 Å². The van der Waals surface area contributed by atoms with Crippen LogP contribution in [0, 0.1) is 0 Å². The third-order valence-corrected chi connectivity index (χ3v) is 2.90. The van der Waals surface area contributed by atoms with E-state index in [9.17, 15) is 9.59 Å². The number of aliphatic carboxylic acids is 1. The van der Waals surface area contributed by atoms with Gasteiger partial charge in [0.05, 0.1) is 23.0 Å². The van der Waals surface area contributed by atoms with Crippen LogP contribution in [-0.4, -0.2) is 30.5 Å². The fraction of sp³-hybridized carbons (Fsp3) is 0.273. The molecule has 1 N–H and O–H groups in total. The number of hydrogen-bond acceptors (Lipinski definition) is 3. The fourth-order valence-electron chi connectivity index (χ4n) is 1.33. The monoisotopic (exact) mass is 275 g/mol. The Balaban J connectivity index is 2.84. The quantitative estimate of drug-likeness (QED) is 0.811. The maximum absolute atomic E-state index is 10.5. The van der Waals surface area contributed by atoms with E-state index in [1.54, 1.807) is 23.1 Å². The summed E-state index contributed by atoms with van der Waals surface area (Å²) < 4.78 is 0. The van der Waals surface area contributed by atoms with Crippen molar-refractivity contribution in [1.82, 2.24) is 0 Å². The maximum atomic E-state index is 10.5. The van der Waals surface area contributed by atoms with Gasteiger partial charge in [0, 0.05) is 12.2 Å². The SMILES string of the molecule is O=CCN(CCC(=O)O)c1ccc(Cl)c(Cl)c1. The van der Waals surface area contributed by atoms with Crippen molar-refractivity contribution in [3.05, 3.63) is 28.2 Å². The van der Waals surface area contributed by atoms with Gasteiger partial charge in [-0.15, -0.1) is 0 Å². The van der Waals surface area contributed by atoms with Crippen LogP contribution in [0.1, 0.15) is 6.42 Å². The summed E-state index contributed by atoms with van der Waals surface area (Å²) in [5.41, 5.74) is 0.674. The maximum Gasteiger partial charge on any atom is 0.305 e. The van der Waals surface area contributed by atoms with E-state index in [0.717, 1.165) is 0 Å². The number of carbonyl (C=O) groups excluding carboxylic acids is 1. The molecule has 0 aromatic heterocycles. The number of aldehydes is 1. The minimum Gasteiger partial charge on any atom is -0.481 e. The predicted molar refractivity (Wildman–Crippen MR) is 67.0 cm³/mol. The van der Waals surface area contributed by atoms with Gasteiger partial charge in [-0.3, -0.25) is 4.79 Å². The molecule has 0 unspecified atom stereocenters. The zero-order valence-corrected chi connectivity index (χ0v) is 10.4. The fourth-order valence-corrected chi connectivity index (χ4v) is 1.62. The van der Waals surface area contributed by atoms with Gasteiger partial charge in [-0.25, -0.2) is 0 Å². The highest BCUT2D eigenvalue weighted by atomic mass is 35.5. The van der Waals surface area contributed by atoms with Gasteiger partial charge in [-0.1, -0.05) is 23.2 Å². The predicted octanol–water partition coefficient (Wildman–Crippen LogP) is 2.47. The van der Waals surface area contributed by atoms with Crippen LogP contribution >= 0.6 is 23.2 Å². The molecule has 0 heterocycles. The van der Waals surface area contributed by atoms with Crippen LogP contribution in [0.2, 0.25) is 10.0 Å². The number of carbonyl (C=O) groups is 2. The number of carboxylic acids is 1. The molecule has 0 aliphatic carbocycles. The third kappa shape index (κ3) is 4.24. The van der Waals surface area contributed by atoms with Gasteiger partial charge >= 0.3 is 5.97 Å². The van der Waals surface area contributed by atoms with Crippen molar-refractivity contribution in [1.29, 1.82) is 0 Å². The first-order valence-electron chi connectivity index (χ1n) is 4.90. The van der Waals surface area contributed by atoms with Crippen LogP contribution < -0.4 is 4.90 Å². The Hall–Kier alpha value is -1.26. The van der Waals surface area contributed by atoms with Gasteiger partial charge in [0.25, 0.3) is 0 Å². The van der Waals surface area contributed by atoms with Gasteiger partial charge < -0.3 is 14.8 Å². The van der Waals surface area contributed by atoms with E-state index in [0.29, 0.717) is 22.0 Å². The molecule has 0 spiro atoms. The Morgan fingerprint density at radius 1 is 1.35 bits per heavy atom. The van der Waals surface area contributed by atoms with Crippen molar-refractivity contribution in [2.45, 2.75) is 6.42 Å². The number of carboxylic acid groups (broad SMARTS) is 1. The van der Waals surface area contributed by atoms with E-state index in [1.165, 1.54) is 0 Å². The molecule has 0 bridgehead atoms. The number of halogens is 2. The Morgan fingerprint density at radius 2 is 2.06 bits per heavy atom. The lowest BCUT2D eigenvalue weighted by Gasteiger charge is -2.21. The minimum atomic E-state index is -0.916. The molecule has 0 fully saturated rings. The molecular weight excluding hydrogens is 265 g/mol. The van der Waals surface area contributed by atoms with Crippen LogP contribution in [0.25, 0.3) is 0 Å². The molecule has 1 aromatic rings. The number of rotatable bonds is 6. The highest BCUT2D eigenvalue weighted by Gasteiger charge is 2.09. The topological polar surface area (TPSA) is 57.6 Å². The molecule has 1 rings (SSSR count). The molecule has 0 radical (unpaired) electrons. The van der Waals surface area contributed by atoms with Gasteiger partial charge in [0.15, 0.2) is 0 Å². The van der Waals surface area contributed by atoms with Gasteiger partial charge in [0.2, 0.25) is 0 Å². The molecule has 0 aliphatic heterocycles. The molecule has 0 saturated heterocycles. The first-order valence-corrected chi connectivity index (χ1v) is 5.65. The third-order valence-electron chi connectivity index (χ3n) is 2.16. The first kappa shape index (κ1) is 13.8.